The summed E-state index contributed by atoms with van der Waals surface area (Å²) < 4.78 is 17.0. The Labute approximate surface area is 499 Å². The first-order valence-electron chi connectivity index (χ1n) is 36.0. The maximum Gasteiger partial charge on any atom is 0.306 e. The second-order valence-corrected chi connectivity index (χ2v) is 24.5. The topological polar surface area (TPSA) is 78.9 Å². The van der Waals surface area contributed by atoms with E-state index in [1.54, 1.807) is 0 Å². The zero-order valence-electron chi connectivity index (χ0n) is 54.1. The average Bonchev–Trinajstić information content (AvgIpc) is 3.46. The van der Waals surface area contributed by atoms with Gasteiger partial charge in [0.15, 0.2) is 6.10 Å². The molecule has 0 aromatic rings. The highest BCUT2D eigenvalue weighted by Crippen LogP contribution is 2.19. The molecule has 0 amide bonds. The molecule has 0 aromatic heterocycles. The van der Waals surface area contributed by atoms with Crippen molar-refractivity contribution in [1.82, 2.24) is 0 Å². The van der Waals surface area contributed by atoms with Gasteiger partial charge in [0.25, 0.3) is 0 Å². The summed E-state index contributed by atoms with van der Waals surface area (Å²) in [6.45, 7) is 6.67. The molecule has 6 nitrogen and oxygen atoms in total. The van der Waals surface area contributed by atoms with Crippen LogP contribution < -0.4 is 0 Å². The van der Waals surface area contributed by atoms with Crippen molar-refractivity contribution in [1.29, 1.82) is 0 Å². The molecule has 0 heterocycles. The van der Waals surface area contributed by atoms with Gasteiger partial charge in [0, 0.05) is 19.3 Å². The molecule has 1 atom stereocenters. The summed E-state index contributed by atoms with van der Waals surface area (Å²) in [5.74, 6) is -0.850. The first kappa shape index (κ1) is 77.6. The van der Waals surface area contributed by atoms with E-state index >= 15 is 0 Å². The third-order valence-corrected chi connectivity index (χ3v) is 16.4. The van der Waals surface area contributed by atoms with Gasteiger partial charge in [-0.1, -0.05) is 340 Å². The fraction of sp³-hybridized carbons (Fsp3) is 0.878. The van der Waals surface area contributed by atoms with Gasteiger partial charge < -0.3 is 14.2 Å². The van der Waals surface area contributed by atoms with Gasteiger partial charge in [0.2, 0.25) is 0 Å². The van der Waals surface area contributed by atoms with Crippen LogP contribution in [0.25, 0.3) is 0 Å². The Balaban J connectivity index is 4.08. The molecule has 0 aromatic carbocycles. The van der Waals surface area contributed by atoms with E-state index in [9.17, 15) is 14.4 Å². The van der Waals surface area contributed by atoms with E-state index in [1.807, 2.05) is 0 Å². The van der Waals surface area contributed by atoms with Crippen molar-refractivity contribution in [2.24, 2.45) is 0 Å². The van der Waals surface area contributed by atoms with Gasteiger partial charge in [-0.3, -0.25) is 14.4 Å². The summed E-state index contributed by atoms with van der Waals surface area (Å²) in [5, 5.41) is 0. The van der Waals surface area contributed by atoms with E-state index < -0.39 is 6.10 Å². The van der Waals surface area contributed by atoms with Crippen LogP contribution in [0.3, 0.4) is 0 Å². The van der Waals surface area contributed by atoms with Crippen molar-refractivity contribution >= 4 is 17.9 Å². The molecule has 0 spiro atoms. The lowest BCUT2D eigenvalue weighted by Crippen LogP contribution is -2.30. The zero-order valence-corrected chi connectivity index (χ0v) is 54.1. The lowest BCUT2D eigenvalue weighted by atomic mass is 10.0. The number of unbranched alkanes of at least 4 members (excludes halogenated alkanes) is 50. The highest BCUT2D eigenvalue weighted by molar-refractivity contribution is 5.71. The van der Waals surface area contributed by atoms with Crippen molar-refractivity contribution < 1.29 is 28.6 Å². The summed E-state index contributed by atoms with van der Waals surface area (Å²) in [4.78, 5) is 38.3. The molecule has 0 N–H and O–H groups in total. The third-order valence-electron chi connectivity index (χ3n) is 16.4. The predicted molar refractivity (Wildman–Crippen MR) is 349 cm³/mol. The van der Waals surface area contributed by atoms with Gasteiger partial charge in [-0.15, -0.1) is 0 Å². The summed E-state index contributed by atoms with van der Waals surface area (Å²) in [6.07, 6.45) is 86.2. The van der Waals surface area contributed by atoms with Crippen molar-refractivity contribution in [3.8, 4) is 0 Å². The first-order valence-corrected chi connectivity index (χ1v) is 36.0. The van der Waals surface area contributed by atoms with Crippen LogP contribution in [0.4, 0.5) is 0 Å². The second-order valence-electron chi connectivity index (χ2n) is 24.5. The number of carbonyl (C=O) groups is 3. The fourth-order valence-corrected chi connectivity index (χ4v) is 10.9. The molecule has 0 saturated heterocycles. The number of allylic oxidation sites excluding steroid dienone is 6. The van der Waals surface area contributed by atoms with Gasteiger partial charge in [-0.25, -0.2) is 0 Å². The van der Waals surface area contributed by atoms with Gasteiger partial charge >= 0.3 is 17.9 Å². The van der Waals surface area contributed by atoms with E-state index in [1.165, 1.54) is 289 Å². The summed E-state index contributed by atoms with van der Waals surface area (Å²) in [7, 11) is 0. The maximum absolute atomic E-state index is 12.9. The van der Waals surface area contributed by atoms with Crippen LogP contribution in [0, 0.1) is 0 Å². The normalized spacial score (nSPS) is 12.2. The fourth-order valence-electron chi connectivity index (χ4n) is 10.9. The third kappa shape index (κ3) is 66.4. The van der Waals surface area contributed by atoms with Crippen molar-refractivity contribution in [3.63, 3.8) is 0 Å². The highest BCUT2D eigenvalue weighted by Gasteiger charge is 2.19. The number of rotatable bonds is 67. The summed E-state index contributed by atoms with van der Waals surface area (Å²) >= 11 is 0. The minimum absolute atomic E-state index is 0.0697. The molecule has 0 rings (SSSR count). The molecular formula is C74H138O6. The lowest BCUT2D eigenvalue weighted by Gasteiger charge is -2.18. The number of hydrogen-bond donors (Lipinski definition) is 0. The Morgan fingerprint density at radius 1 is 0.250 bits per heavy atom. The SMILES string of the molecule is CCCCC/C=C\C/C=C\CCCCCCCCCC(=O)OC(COC(=O)CCCCCCCCCCCCCC)COC(=O)CCCCCCCCCCCCCCCCCCCCCCC/C=C\CCCCCCCCCC. The standard InChI is InChI=1S/C74H138O6/c1-4-7-10-13-16-19-22-25-27-29-30-31-32-33-34-35-36-37-38-39-40-41-42-43-44-46-47-49-52-55-58-61-64-67-73(76)79-70-71(69-78-72(75)66-63-60-57-54-51-24-21-18-15-12-9-6-3)80-74(77)68-65-62-59-56-53-50-48-45-28-26-23-20-17-14-11-8-5-2/h17,20,26,28-30,71H,4-16,18-19,21-25,27,31-70H2,1-3H3/b20-17-,28-26-,30-29-. The summed E-state index contributed by atoms with van der Waals surface area (Å²) in [6, 6.07) is 0. The number of carbonyl (C=O) groups excluding carboxylic acids is 3. The van der Waals surface area contributed by atoms with Crippen LogP contribution >= 0.6 is 0 Å². The second kappa shape index (κ2) is 69.1. The van der Waals surface area contributed by atoms with Crippen LogP contribution in [0.1, 0.15) is 400 Å². The molecule has 0 aliphatic carbocycles. The van der Waals surface area contributed by atoms with Crippen molar-refractivity contribution in [3.05, 3.63) is 36.5 Å². The van der Waals surface area contributed by atoms with Gasteiger partial charge in [0.05, 0.1) is 0 Å². The van der Waals surface area contributed by atoms with Crippen LogP contribution in [0.5, 0.6) is 0 Å². The quantitative estimate of drug-likeness (QED) is 0.0261. The molecular weight excluding hydrogens is 985 g/mol. The van der Waals surface area contributed by atoms with E-state index in [2.05, 4.69) is 57.2 Å². The Kier molecular flexibility index (Phi) is 67.1. The number of esters is 3. The van der Waals surface area contributed by atoms with Crippen LogP contribution in [0.15, 0.2) is 36.5 Å². The predicted octanol–water partition coefficient (Wildman–Crippen LogP) is 24.7. The lowest BCUT2D eigenvalue weighted by molar-refractivity contribution is -0.167. The van der Waals surface area contributed by atoms with Crippen LogP contribution in [-0.4, -0.2) is 37.2 Å². The van der Waals surface area contributed by atoms with Gasteiger partial charge in [-0.05, 0) is 77.0 Å². The van der Waals surface area contributed by atoms with E-state index in [4.69, 9.17) is 14.2 Å². The van der Waals surface area contributed by atoms with E-state index in [0.29, 0.717) is 19.3 Å². The number of hydrogen-bond acceptors (Lipinski definition) is 6. The molecule has 0 saturated carbocycles. The molecule has 0 radical (unpaired) electrons. The van der Waals surface area contributed by atoms with Gasteiger partial charge in [0.1, 0.15) is 13.2 Å². The Bertz CT molecular complexity index is 1340. The molecule has 0 fully saturated rings. The molecule has 80 heavy (non-hydrogen) atoms. The molecule has 0 bridgehead atoms. The van der Waals surface area contributed by atoms with Crippen molar-refractivity contribution in [2.45, 2.75) is 406 Å². The molecule has 0 aliphatic heterocycles. The molecule has 0 aliphatic rings. The Hall–Kier alpha value is -2.37. The van der Waals surface area contributed by atoms with E-state index in [0.717, 1.165) is 70.6 Å². The smallest absolute Gasteiger partial charge is 0.306 e. The monoisotopic (exact) mass is 1120 g/mol. The van der Waals surface area contributed by atoms with Gasteiger partial charge in [-0.2, -0.15) is 0 Å². The van der Waals surface area contributed by atoms with Crippen LogP contribution in [-0.2, 0) is 28.6 Å². The first-order chi connectivity index (χ1) is 39.5. The average molecular weight is 1120 g/mol. The molecule has 470 valence electrons. The Morgan fingerprint density at radius 2 is 0.450 bits per heavy atom. The van der Waals surface area contributed by atoms with Crippen LogP contribution in [0.2, 0.25) is 0 Å². The molecule has 1 unspecified atom stereocenters. The zero-order chi connectivity index (χ0) is 57.8. The minimum Gasteiger partial charge on any atom is -0.462 e. The van der Waals surface area contributed by atoms with E-state index in [-0.39, 0.29) is 31.1 Å². The van der Waals surface area contributed by atoms with Crippen molar-refractivity contribution in [2.75, 3.05) is 13.2 Å². The minimum atomic E-state index is -0.773. The Morgan fingerprint density at radius 3 is 0.725 bits per heavy atom. The number of ether oxygens (including phenoxy) is 3. The maximum atomic E-state index is 12.9. The highest BCUT2D eigenvalue weighted by atomic mass is 16.6. The summed E-state index contributed by atoms with van der Waals surface area (Å²) in [5.41, 5.74) is 0. The molecule has 6 heteroatoms. The largest absolute Gasteiger partial charge is 0.462 e.